The molecule has 0 aliphatic carbocycles. The molecule has 12 heavy (non-hydrogen) atoms. The maximum atomic E-state index is 9.59. The number of carboxylic acids is 1. The number of hydrogen-bond donors (Lipinski definition) is 4. The average molecular weight is 192 g/mol. The number of thiocyanates is 1. The van der Waals surface area contributed by atoms with Gasteiger partial charge in [-0.2, -0.15) is 5.26 Å². The van der Waals surface area contributed by atoms with Crippen LogP contribution in [0.4, 0.5) is 4.79 Å². The van der Waals surface area contributed by atoms with Gasteiger partial charge in [-0.1, -0.05) is 0 Å². The third-order valence-corrected chi connectivity index (χ3v) is 0.923. The van der Waals surface area contributed by atoms with Gasteiger partial charge in [0.05, 0.1) is 0 Å². The molecule has 7 nitrogen and oxygen atoms in total. The highest BCUT2D eigenvalue weighted by molar-refractivity contribution is 8.04. The number of rotatable bonds is 2. The summed E-state index contributed by atoms with van der Waals surface area (Å²) in [6.07, 6.45) is 0. The second kappa shape index (κ2) is 9.54. The highest BCUT2D eigenvalue weighted by Crippen LogP contribution is 1.92. The minimum Gasteiger partial charge on any atom is -0.481 e. The van der Waals surface area contributed by atoms with Crippen LogP contribution in [0.25, 0.3) is 0 Å². The van der Waals surface area contributed by atoms with Crippen molar-refractivity contribution in [3.8, 4) is 5.40 Å². The van der Waals surface area contributed by atoms with Crippen molar-refractivity contribution in [2.75, 3.05) is 5.75 Å². The molecular formula is C4H8N4O3S. The Bertz CT molecular complexity index is 189. The molecule has 0 aromatic carbocycles. The Morgan fingerprint density at radius 1 is 1.67 bits per heavy atom. The monoisotopic (exact) mass is 192 g/mol. The van der Waals surface area contributed by atoms with Crippen LogP contribution in [-0.4, -0.2) is 22.9 Å². The van der Waals surface area contributed by atoms with Crippen LogP contribution in [0.3, 0.4) is 0 Å². The number of hydrogen-bond acceptors (Lipinski definition) is 5. The lowest BCUT2D eigenvalue weighted by atomic mass is 10.8. The number of carbonyl (C=O) groups excluding carboxylic acids is 1. The van der Waals surface area contributed by atoms with Crippen molar-refractivity contribution in [1.29, 1.82) is 5.26 Å². The molecule has 0 rings (SSSR count). The number of nitrogens with two attached hydrogens (primary N) is 2. The molecule has 0 saturated heterocycles. The smallest absolute Gasteiger partial charge is 0.326 e. The molecule has 68 valence electrons. The van der Waals surface area contributed by atoms with Crippen molar-refractivity contribution in [3.05, 3.63) is 0 Å². The zero-order valence-electron chi connectivity index (χ0n) is 5.98. The number of nitrogens with zero attached hydrogens (tertiary/aromatic N) is 1. The number of hydrazine groups is 1. The molecule has 0 spiro atoms. The van der Waals surface area contributed by atoms with E-state index in [1.807, 2.05) is 0 Å². The summed E-state index contributed by atoms with van der Waals surface area (Å²) in [5, 5.41) is 17.3. The number of nitriles is 1. The molecule has 0 unspecified atom stereocenters. The van der Waals surface area contributed by atoms with E-state index in [0.717, 1.165) is 11.8 Å². The van der Waals surface area contributed by atoms with Crippen LogP contribution in [0.2, 0.25) is 0 Å². The van der Waals surface area contributed by atoms with E-state index in [9.17, 15) is 9.59 Å². The van der Waals surface area contributed by atoms with E-state index in [2.05, 4.69) is 11.6 Å². The van der Waals surface area contributed by atoms with Gasteiger partial charge in [-0.3, -0.25) is 10.2 Å². The van der Waals surface area contributed by atoms with E-state index in [4.69, 9.17) is 10.4 Å². The van der Waals surface area contributed by atoms with Crippen molar-refractivity contribution in [1.82, 2.24) is 5.43 Å². The predicted octanol–water partition coefficient (Wildman–Crippen LogP) is -1.19. The van der Waals surface area contributed by atoms with Crippen LogP contribution in [0.1, 0.15) is 0 Å². The number of amides is 2. The number of primary amides is 1. The van der Waals surface area contributed by atoms with Gasteiger partial charge >= 0.3 is 12.0 Å². The van der Waals surface area contributed by atoms with E-state index >= 15 is 0 Å². The Kier molecular flexibility index (Phi) is 10.5. The van der Waals surface area contributed by atoms with Gasteiger partial charge in [0.25, 0.3) is 0 Å². The summed E-state index contributed by atoms with van der Waals surface area (Å²) in [6, 6.07) is -0.718. The Hall–Kier alpha value is -1.46. The van der Waals surface area contributed by atoms with Crippen LogP contribution >= 0.6 is 11.8 Å². The average Bonchev–Trinajstić information content (AvgIpc) is 2.02. The van der Waals surface area contributed by atoms with Crippen molar-refractivity contribution in [3.63, 3.8) is 0 Å². The van der Waals surface area contributed by atoms with Gasteiger partial charge in [-0.15, -0.1) is 0 Å². The van der Waals surface area contributed by atoms with Crippen LogP contribution in [0.5, 0.6) is 0 Å². The van der Waals surface area contributed by atoms with Crippen molar-refractivity contribution in [2.24, 2.45) is 11.6 Å². The molecule has 6 N–H and O–H groups in total. The first-order valence-corrected chi connectivity index (χ1v) is 3.51. The highest BCUT2D eigenvalue weighted by atomic mass is 32.2. The fourth-order valence-electron chi connectivity index (χ4n) is 0.0940. The van der Waals surface area contributed by atoms with E-state index in [0.29, 0.717) is 0 Å². The van der Waals surface area contributed by atoms with Crippen LogP contribution < -0.4 is 17.0 Å². The summed E-state index contributed by atoms with van der Waals surface area (Å²) in [5.41, 5.74) is 6.08. The minimum absolute atomic E-state index is 0.128. The molecule has 0 saturated carbocycles. The van der Waals surface area contributed by atoms with Gasteiger partial charge in [0.15, 0.2) is 0 Å². The van der Waals surface area contributed by atoms with Gasteiger partial charge in [0, 0.05) is 0 Å². The number of thioether (sulfide) groups is 1. The summed E-state index contributed by atoms with van der Waals surface area (Å²) >= 11 is 0.722. The SMILES string of the molecule is N#CSCC(=O)O.NNC(N)=O. The molecule has 0 aliphatic rings. The topological polar surface area (TPSA) is 142 Å². The number of carbonyl (C=O) groups is 2. The third-order valence-electron chi connectivity index (χ3n) is 0.402. The van der Waals surface area contributed by atoms with Gasteiger partial charge in [-0.25, -0.2) is 10.6 Å². The first-order chi connectivity index (χ1) is 5.54. The van der Waals surface area contributed by atoms with Crippen LogP contribution in [-0.2, 0) is 4.79 Å². The first kappa shape index (κ1) is 13.2. The lowest BCUT2D eigenvalue weighted by Gasteiger charge is -1.81. The molecule has 8 heteroatoms. The first-order valence-electron chi connectivity index (χ1n) is 2.53. The summed E-state index contributed by atoms with van der Waals surface area (Å²) in [5.74, 6) is 3.37. The van der Waals surface area contributed by atoms with Crippen molar-refractivity contribution < 1.29 is 14.7 Å². The second-order valence-electron chi connectivity index (χ2n) is 1.28. The van der Waals surface area contributed by atoms with Crippen molar-refractivity contribution >= 4 is 23.8 Å². The molecule has 0 atom stereocenters. The number of carboxylic acid groups (broad SMARTS) is 1. The van der Waals surface area contributed by atoms with E-state index < -0.39 is 12.0 Å². The predicted molar refractivity (Wildman–Crippen MR) is 42.6 cm³/mol. The lowest BCUT2D eigenvalue weighted by Crippen LogP contribution is -2.34. The Labute approximate surface area is 72.7 Å². The third kappa shape index (κ3) is 23.6. The molecule has 0 fully saturated rings. The fraction of sp³-hybridized carbons (Fsp3) is 0.250. The van der Waals surface area contributed by atoms with E-state index in [1.54, 1.807) is 10.8 Å². The fourth-order valence-corrected chi connectivity index (χ4v) is 0.282. The van der Waals surface area contributed by atoms with Gasteiger partial charge in [0.1, 0.15) is 11.2 Å². The number of nitrogens with one attached hydrogen (secondary N) is 1. The Morgan fingerprint density at radius 2 is 2.08 bits per heavy atom. The number of urea groups is 1. The summed E-state index contributed by atoms with van der Waals surface area (Å²) < 4.78 is 0. The van der Waals surface area contributed by atoms with Crippen LogP contribution in [0.15, 0.2) is 0 Å². The standard InChI is InChI=1S/C3H3NO2S.CH5N3O/c4-2-7-1-3(5)6;2-1(5)4-3/h1H2,(H,5,6);3H2,(H3,2,4,5). The van der Waals surface area contributed by atoms with Gasteiger partial charge < -0.3 is 10.8 Å². The van der Waals surface area contributed by atoms with Crippen molar-refractivity contribution in [2.45, 2.75) is 0 Å². The molecule has 0 aliphatic heterocycles. The van der Waals surface area contributed by atoms with E-state index in [-0.39, 0.29) is 5.75 Å². The number of aliphatic carboxylic acids is 1. The van der Waals surface area contributed by atoms with E-state index in [1.165, 1.54) is 0 Å². The maximum Gasteiger partial charge on any atom is 0.326 e. The maximum absolute atomic E-state index is 9.59. The minimum atomic E-state index is -0.952. The molecule has 0 radical (unpaired) electrons. The molecular weight excluding hydrogens is 184 g/mol. The molecule has 0 aromatic rings. The summed E-state index contributed by atoms with van der Waals surface area (Å²) in [7, 11) is 0. The lowest BCUT2D eigenvalue weighted by molar-refractivity contribution is -0.133. The highest BCUT2D eigenvalue weighted by Gasteiger charge is 1.91. The molecule has 0 heterocycles. The van der Waals surface area contributed by atoms with Gasteiger partial charge in [-0.05, 0) is 11.8 Å². The largest absolute Gasteiger partial charge is 0.481 e. The quantitative estimate of drug-likeness (QED) is 0.187. The Balaban J connectivity index is 0. The second-order valence-corrected chi connectivity index (χ2v) is 2.04. The zero-order valence-corrected chi connectivity index (χ0v) is 6.80. The zero-order chi connectivity index (χ0) is 9.98. The van der Waals surface area contributed by atoms with Crippen LogP contribution in [0, 0.1) is 10.7 Å². The normalized spacial score (nSPS) is 7.00. The van der Waals surface area contributed by atoms with Gasteiger partial charge in [0.2, 0.25) is 0 Å². The molecule has 0 aromatic heterocycles. The summed E-state index contributed by atoms with van der Waals surface area (Å²) in [6.45, 7) is 0. The Morgan fingerprint density at radius 3 is 2.17 bits per heavy atom. The molecule has 0 bridgehead atoms. The molecule has 2 amide bonds. The summed E-state index contributed by atoms with van der Waals surface area (Å²) in [4.78, 5) is 18.9.